The lowest BCUT2D eigenvalue weighted by atomic mass is 10.1. The number of carbonyl (C=O) groups is 1. The number of hydrogen-bond donors (Lipinski definition) is 2. The number of benzene rings is 2. The van der Waals surface area contributed by atoms with E-state index in [0.29, 0.717) is 34.5 Å². The maximum Gasteiger partial charge on any atom is 0.303 e. The number of fused-ring (bicyclic) bond motifs is 1. The first-order valence-electron chi connectivity index (χ1n) is 10.9. The highest BCUT2D eigenvalue weighted by molar-refractivity contribution is 7.92. The van der Waals surface area contributed by atoms with Gasteiger partial charge in [0.1, 0.15) is 12.4 Å². The predicted molar refractivity (Wildman–Crippen MR) is 138 cm³/mol. The molecule has 1 aliphatic carbocycles. The minimum atomic E-state index is -3.62. The minimum absolute atomic E-state index is 0.222. The summed E-state index contributed by atoms with van der Waals surface area (Å²) >= 11 is 0. The SMILES string of the molecule is C#C.C#C.CC.CCC(=O)O.Nc1ccc2c(c1)N(S(=O)(=O)c1cccc(C3CC3)c1)CCO2. The number of rotatable bonds is 4. The first kappa shape index (κ1) is 30.4. The van der Waals surface area contributed by atoms with Crippen molar-refractivity contribution in [3.63, 3.8) is 0 Å². The molecule has 0 saturated heterocycles. The molecule has 184 valence electrons. The Balaban J connectivity index is 0.000000856. The molecule has 1 heterocycles. The first-order valence-corrected chi connectivity index (χ1v) is 12.3. The van der Waals surface area contributed by atoms with Gasteiger partial charge >= 0.3 is 5.97 Å². The summed E-state index contributed by atoms with van der Waals surface area (Å²) in [5.41, 5.74) is 7.95. The summed E-state index contributed by atoms with van der Waals surface area (Å²) in [5.74, 6) is 0.315. The quantitative estimate of drug-likeness (QED) is 0.477. The summed E-state index contributed by atoms with van der Waals surface area (Å²) in [6.45, 7) is 6.22. The van der Waals surface area contributed by atoms with Gasteiger partial charge in [-0.1, -0.05) is 32.9 Å². The van der Waals surface area contributed by atoms with Gasteiger partial charge in [-0.25, -0.2) is 8.42 Å². The lowest BCUT2D eigenvalue weighted by Crippen LogP contribution is -2.38. The Morgan fingerprint density at radius 1 is 1.12 bits per heavy atom. The molecule has 0 amide bonds. The molecular weight excluding hydrogens is 452 g/mol. The second-order valence-corrected chi connectivity index (χ2v) is 8.61. The molecule has 0 spiro atoms. The van der Waals surface area contributed by atoms with E-state index in [1.165, 1.54) is 4.31 Å². The van der Waals surface area contributed by atoms with Crippen LogP contribution in [0.25, 0.3) is 0 Å². The van der Waals surface area contributed by atoms with Crippen LogP contribution in [-0.4, -0.2) is 32.6 Å². The van der Waals surface area contributed by atoms with Crippen LogP contribution in [0.2, 0.25) is 0 Å². The molecule has 1 fully saturated rings. The van der Waals surface area contributed by atoms with Gasteiger partial charge in [0.15, 0.2) is 0 Å². The van der Waals surface area contributed by atoms with Crippen LogP contribution in [-0.2, 0) is 14.8 Å². The number of terminal acetylenes is 2. The van der Waals surface area contributed by atoms with Crippen molar-refractivity contribution in [2.24, 2.45) is 0 Å². The number of sulfonamides is 1. The number of aliphatic carboxylic acids is 1. The molecule has 2 aromatic carbocycles. The fourth-order valence-corrected chi connectivity index (χ4v) is 4.44. The first-order chi connectivity index (χ1) is 16.3. The summed E-state index contributed by atoms with van der Waals surface area (Å²) < 4.78 is 33.1. The number of anilines is 2. The van der Waals surface area contributed by atoms with Crippen LogP contribution in [0.15, 0.2) is 47.4 Å². The van der Waals surface area contributed by atoms with E-state index >= 15 is 0 Å². The molecule has 4 rings (SSSR count). The lowest BCUT2D eigenvalue weighted by molar-refractivity contribution is -0.136. The molecule has 8 heteroatoms. The maximum atomic E-state index is 13.1. The average Bonchev–Trinajstić information content (AvgIpc) is 3.73. The molecule has 0 unspecified atom stereocenters. The highest BCUT2D eigenvalue weighted by Crippen LogP contribution is 2.41. The van der Waals surface area contributed by atoms with Gasteiger partial charge in [0.25, 0.3) is 10.0 Å². The second kappa shape index (κ2) is 15.3. The van der Waals surface area contributed by atoms with Crippen molar-refractivity contribution >= 4 is 27.4 Å². The molecule has 0 aromatic heterocycles. The average molecular weight is 487 g/mol. The van der Waals surface area contributed by atoms with Crippen molar-refractivity contribution in [2.45, 2.75) is 50.8 Å². The van der Waals surface area contributed by atoms with Crippen LogP contribution >= 0.6 is 0 Å². The number of ether oxygens (including phenoxy) is 1. The van der Waals surface area contributed by atoms with Crippen LogP contribution in [0.3, 0.4) is 0 Å². The largest absolute Gasteiger partial charge is 0.489 e. The van der Waals surface area contributed by atoms with Crippen molar-refractivity contribution in [2.75, 3.05) is 23.2 Å². The molecule has 1 aliphatic heterocycles. The molecule has 0 bridgehead atoms. The summed E-state index contributed by atoms with van der Waals surface area (Å²) in [4.78, 5) is 9.70. The summed E-state index contributed by atoms with van der Waals surface area (Å²) in [6.07, 6.45) is 18.5. The third kappa shape index (κ3) is 8.38. The Morgan fingerprint density at radius 3 is 2.24 bits per heavy atom. The van der Waals surface area contributed by atoms with Crippen LogP contribution in [0.1, 0.15) is 51.5 Å². The van der Waals surface area contributed by atoms with Crippen molar-refractivity contribution in [3.05, 3.63) is 48.0 Å². The van der Waals surface area contributed by atoms with Crippen molar-refractivity contribution in [3.8, 4) is 31.4 Å². The van der Waals surface area contributed by atoms with Crippen LogP contribution in [0.4, 0.5) is 11.4 Å². The lowest BCUT2D eigenvalue weighted by Gasteiger charge is -2.30. The van der Waals surface area contributed by atoms with E-state index in [9.17, 15) is 13.2 Å². The Kier molecular flexibility index (Phi) is 13.6. The van der Waals surface area contributed by atoms with Gasteiger partial charge in [0.05, 0.1) is 17.1 Å². The van der Waals surface area contributed by atoms with Crippen LogP contribution < -0.4 is 14.8 Å². The Hall–Kier alpha value is -3.62. The zero-order valence-corrected chi connectivity index (χ0v) is 20.8. The Labute approximate surface area is 204 Å². The number of hydrogen-bond acceptors (Lipinski definition) is 5. The van der Waals surface area contributed by atoms with Gasteiger partial charge in [0, 0.05) is 12.1 Å². The van der Waals surface area contributed by atoms with E-state index in [-0.39, 0.29) is 13.0 Å². The number of nitrogens with two attached hydrogens (primary N) is 1. The summed E-state index contributed by atoms with van der Waals surface area (Å²) in [5, 5.41) is 7.72. The fourth-order valence-electron chi connectivity index (χ4n) is 2.93. The zero-order chi connectivity index (χ0) is 26.3. The summed E-state index contributed by atoms with van der Waals surface area (Å²) in [6, 6.07) is 12.4. The third-order valence-electron chi connectivity index (χ3n) is 4.60. The van der Waals surface area contributed by atoms with Crippen molar-refractivity contribution < 1.29 is 23.1 Å². The standard InChI is InChI=1S/C17H18N2O3S.C3H6O2.C2H6.2C2H2/c18-14-6-7-17-16(11-14)19(8-9-22-17)23(20,21)15-3-1-2-13(10-15)12-4-5-12;1-2-3(4)5;3*1-2/h1-3,6-7,10-12H,4-5,8-9,18H2;2H2,1H3,(H,4,5);1-2H3;2*1-2H. The van der Waals surface area contributed by atoms with Gasteiger partial charge in [0.2, 0.25) is 0 Å². The van der Waals surface area contributed by atoms with Crippen LogP contribution in [0, 0.1) is 25.7 Å². The van der Waals surface area contributed by atoms with Crippen molar-refractivity contribution in [1.82, 2.24) is 0 Å². The third-order valence-corrected chi connectivity index (χ3v) is 6.41. The molecule has 3 N–H and O–H groups in total. The monoisotopic (exact) mass is 486 g/mol. The fraction of sp³-hybridized carbons (Fsp3) is 0.346. The highest BCUT2D eigenvalue weighted by atomic mass is 32.2. The molecule has 0 radical (unpaired) electrons. The minimum Gasteiger partial charge on any atom is -0.489 e. The van der Waals surface area contributed by atoms with Crippen molar-refractivity contribution in [1.29, 1.82) is 0 Å². The van der Waals surface area contributed by atoms with E-state index in [2.05, 4.69) is 25.7 Å². The van der Waals surface area contributed by atoms with Gasteiger partial charge in [-0.2, -0.15) is 0 Å². The van der Waals surface area contributed by atoms with E-state index in [0.717, 1.165) is 18.4 Å². The second-order valence-electron chi connectivity index (χ2n) is 6.75. The molecule has 7 nitrogen and oxygen atoms in total. The normalized spacial score (nSPS) is 13.2. The van der Waals surface area contributed by atoms with E-state index in [1.807, 2.05) is 26.0 Å². The maximum absolute atomic E-state index is 13.1. The number of carboxylic acids is 1. The summed E-state index contributed by atoms with van der Waals surface area (Å²) in [7, 11) is -3.62. The number of nitrogen functional groups attached to an aromatic ring is 1. The van der Waals surface area contributed by atoms with Gasteiger partial charge < -0.3 is 15.6 Å². The van der Waals surface area contributed by atoms with E-state index < -0.39 is 16.0 Å². The van der Waals surface area contributed by atoms with E-state index in [1.54, 1.807) is 37.3 Å². The van der Waals surface area contributed by atoms with Gasteiger partial charge in [-0.15, -0.1) is 25.7 Å². The zero-order valence-electron chi connectivity index (χ0n) is 20.0. The molecule has 2 aromatic rings. The molecule has 34 heavy (non-hydrogen) atoms. The topological polar surface area (TPSA) is 110 Å². The predicted octanol–water partition coefficient (Wildman–Crippen LogP) is 4.74. The highest BCUT2D eigenvalue weighted by Gasteiger charge is 2.31. The van der Waals surface area contributed by atoms with Gasteiger partial charge in [-0.05, 0) is 54.7 Å². The van der Waals surface area contributed by atoms with E-state index in [4.69, 9.17) is 15.6 Å². The number of nitrogens with zero attached hydrogens (tertiary/aromatic N) is 1. The Bertz CT molecular complexity index is 1050. The number of carboxylic acid groups (broad SMARTS) is 1. The van der Waals surface area contributed by atoms with Gasteiger partial charge in [-0.3, -0.25) is 9.10 Å². The molecular formula is C26H34N2O5S. The van der Waals surface area contributed by atoms with Crippen LogP contribution in [0.5, 0.6) is 5.75 Å². The Morgan fingerprint density at radius 2 is 1.71 bits per heavy atom. The molecule has 2 aliphatic rings. The smallest absolute Gasteiger partial charge is 0.303 e. The molecule has 0 atom stereocenters. The molecule has 1 saturated carbocycles.